The van der Waals surface area contributed by atoms with Crippen LogP contribution >= 0.6 is 0 Å². The third-order valence-electron chi connectivity index (χ3n) is 3.26. The summed E-state index contributed by atoms with van der Waals surface area (Å²) >= 11 is 0. The van der Waals surface area contributed by atoms with E-state index in [4.69, 9.17) is 4.74 Å². The predicted octanol–water partition coefficient (Wildman–Crippen LogP) is 1.34. The minimum absolute atomic E-state index is 0.0111. The lowest BCUT2D eigenvalue weighted by atomic mass is 10.1. The molecule has 0 radical (unpaired) electrons. The molecule has 2 N–H and O–H groups in total. The minimum atomic E-state index is -0.588. The normalized spacial score (nSPS) is 18.1. The molecule has 2 rings (SSSR count). The van der Waals surface area contributed by atoms with Crippen LogP contribution in [0.3, 0.4) is 0 Å². The van der Waals surface area contributed by atoms with Gasteiger partial charge in [-0.1, -0.05) is 6.07 Å². The maximum atomic E-state index is 10.2. The fourth-order valence-electron chi connectivity index (χ4n) is 2.10. The van der Waals surface area contributed by atoms with Crippen LogP contribution in [-0.4, -0.2) is 48.5 Å². The molecule has 112 valence electrons. The van der Waals surface area contributed by atoms with Crippen molar-refractivity contribution in [1.82, 2.24) is 10.3 Å². The average Bonchev–Trinajstić information content (AvgIpc) is 2.45. The van der Waals surface area contributed by atoms with Crippen molar-refractivity contribution in [2.75, 3.05) is 37.7 Å². The zero-order valence-electron chi connectivity index (χ0n) is 12.6. The number of hydrogen-bond donors (Lipinski definition) is 2. The molecular weight excluding hydrogens is 254 g/mol. The molecule has 2 heterocycles. The Morgan fingerprint density at radius 2 is 2.05 bits per heavy atom. The van der Waals surface area contributed by atoms with Crippen molar-refractivity contribution in [3.63, 3.8) is 0 Å². The van der Waals surface area contributed by atoms with Gasteiger partial charge in [-0.15, -0.1) is 0 Å². The Labute approximate surface area is 121 Å². The first kappa shape index (κ1) is 15.2. The Morgan fingerprint density at radius 1 is 1.35 bits per heavy atom. The molecule has 0 saturated carbocycles. The topological polar surface area (TPSA) is 57.6 Å². The van der Waals surface area contributed by atoms with E-state index in [-0.39, 0.29) is 5.54 Å². The van der Waals surface area contributed by atoms with E-state index in [2.05, 4.69) is 36.0 Å². The Balaban J connectivity index is 2.01. The van der Waals surface area contributed by atoms with Gasteiger partial charge < -0.3 is 20.1 Å². The van der Waals surface area contributed by atoms with E-state index in [1.807, 2.05) is 18.2 Å². The number of hydrogen-bond acceptors (Lipinski definition) is 5. The number of anilines is 1. The number of ether oxygens (including phenoxy) is 1. The van der Waals surface area contributed by atoms with E-state index in [1.165, 1.54) is 0 Å². The summed E-state index contributed by atoms with van der Waals surface area (Å²) in [5.41, 5.74) is 0.703. The van der Waals surface area contributed by atoms with Crippen LogP contribution < -0.4 is 10.2 Å². The second-order valence-electron chi connectivity index (χ2n) is 6.17. The summed E-state index contributed by atoms with van der Waals surface area (Å²) in [5.74, 6) is 0.917. The molecular formula is C15H25N3O2. The van der Waals surface area contributed by atoms with Crippen molar-refractivity contribution in [3.8, 4) is 0 Å². The molecule has 0 spiro atoms. The van der Waals surface area contributed by atoms with Gasteiger partial charge in [0.15, 0.2) is 0 Å². The first-order chi connectivity index (χ1) is 9.46. The lowest BCUT2D eigenvalue weighted by Gasteiger charge is -2.28. The Kier molecular flexibility index (Phi) is 4.96. The zero-order chi connectivity index (χ0) is 14.6. The molecule has 1 aliphatic rings. The van der Waals surface area contributed by atoms with E-state index >= 15 is 0 Å². The van der Waals surface area contributed by atoms with Crippen LogP contribution in [0, 0.1) is 0 Å². The highest BCUT2D eigenvalue weighted by Gasteiger charge is 2.17. The van der Waals surface area contributed by atoms with E-state index < -0.39 is 6.10 Å². The summed E-state index contributed by atoms with van der Waals surface area (Å²) in [7, 11) is 0. The van der Waals surface area contributed by atoms with Gasteiger partial charge in [0.1, 0.15) is 11.9 Å². The van der Waals surface area contributed by atoms with E-state index in [1.54, 1.807) is 0 Å². The zero-order valence-corrected chi connectivity index (χ0v) is 12.6. The minimum Gasteiger partial charge on any atom is -0.385 e. The number of nitrogens with zero attached hydrogens (tertiary/aromatic N) is 2. The third-order valence-corrected chi connectivity index (χ3v) is 3.26. The predicted molar refractivity (Wildman–Crippen MR) is 80.0 cm³/mol. The molecule has 1 aliphatic heterocycles. The maximum Gasteiger partial charge on any atom is 0.129 e. The second kappa shape index (κ2) is 6.52. The molecule has 5 heteroatoms. The molecule has 1 atom stereocenters. The summed E-state index contributed by atoms with van der Waals surface area (Å²) in [6.07, 6.45) is -0.588. The Bertz CT molecular complexity index is 425. The summed E-state index contributed by atoms with van der Waals surface area (Å²) in [5, 5.41) is 13.5. The van der Waals surface area contributed by atoms with Gasteiger partial charge in [0, 0.05) is 25.2 Å². The molecule has 1 aromatic rings. The van der Waals surface area contributed by atoms with Gasteiger partial charge in [-0.05, 0) is 32.9 Å². The molecule has 1 saturated heterocycles. The van der Waals surface area contributed by atoms with Gasteiger partial charge in [0.25, 0.3) is 0 Å². The fourth-order valence-corrected chi connectivity index (χ4v) is 2.10. The first-order valence-corrected chi connectivity index (χ1v) is 7.18. The second-order valence-corrected chi connectivity index (χ2v) is 6.17. The molecule has 0 aromatic carbocycles. The van der Waals surface area contributed by atoms with Gasteiger partial charge in [0.2, 0.25) is 0 Å². The summed E-state index contributed by atoms with van der Waals surface area (Å²) in [6, 6.07) is 5.81. The van der Waals surface area contributed by atoms with Crippen LogP contribution in [0.2, 0.25) is 0 Å². The number of aromatic nitrogens is 1. The van der Waals surface area contributed by atoms with Crippen molar-refractivity contribution in [1.29, 1.82) is 0 Å². The monoisotopic (exact) mass is 279 g/mol. The standard InChI is InChI=1S/C15H25N3O2/c1-15(2,3)16-11-13(19)12-5-4-6-14(17-12)18-7-9-20-10-8-18/h4-6,13,16,19H,7-11H2,1-3H3/t13-/m0/s1. The number of aliphatic hydroxyl groups is 1. The largest absolute Gasteiger partial charge is 0.385 e. The van der Waals surface area contributed by atoms with Gasteiger partial charge in [0.05, 0.1) is 18.9 Å². The summed E-state index contributed by atoms with van der Waals surface area (Å²) < 4.78 is 5.35. The van der Waals surface area contributed by atoms with Gasteiger partial charge in [-0.2, -0.15) is 0 Å². The SMILES string of the molecule is CC(C)(C)NC[C@H](O)c1cccc(N2CCOCC2)n1. The van der Waals surface area contributed by atoms with Crippen molar-refractivity contribution < 1.29 is 9.84 Å². The Hall–Kier alpha value is -1.17. The molecule has 20 heavy (non-hydrogen) atoms. The molecule has 0 unspecified atom stereocenters. The number of β-amino-alcohol motifs (C(OH)–C–C–N with tert-alkyl or cyclic N) is 1. The van der Waals surface area contributed by atoms with Crippen LogP contribution in [0.4, 0.5) is 5.82 Å². The number of morpholine rings is 1. The van der Waals surface area contributed by atoms with Crippen molar-refractivity contribution in [2.24, 2.45) is 0 Å². The van der Waals surface area contributed by atoms with Crippen LogP contribution in [0.1, 0.15) is 32.6 Å². The smallest absolute Gasteiger partial charge is 0.129 e. The average molecular weight is 279 g/mol. The van der Waals surface area contributed by atoms with Crippen LogP contribution in [0.5, 0.6) is 0 Å². The first-order valence-electron chi connectivity index (χ1n) is 7.18. The number of aliphatic hydroxyl groups excluding tert-OH is 1. The van der Waals surface area contributed by atoms with Crippen molar-refractivity contribution >= 4 is 5.82 Å². The Morgan fingerprint density at radius 3 is 2.70 bits per heavy atom. The van der Waals surface area contributed by atoms with Crippen molar-refractivity contribution in [3.05, 3.63) is 23.9 Å². The van der Waals surface area contributed by atoms with Crippen LogP contribution in [-0.2, 0) is 4.74 Å². The molecule has 0 amide bonds. The van der Waals surface area contributed by atoms with E-state index in [9.17, 15) is 5.11 Å². The lowest BCUT2D eigenvalue weighted by Crippen LogP contribution is -2.39. The summed E-state index contributed by atoms with van der Waals surface area (Å²) in [6.45, 7) is 9.93. The highest BCUT2D eigenvalue weighted by atomic mass is 16.5. The van der Waals surface area contributed by atoms with E-state index in [0.717, 1.165) is 32.1 Å². The summed E-state index contributed by atoms with van der Waals surface area (Å²) in [4.78, 5) is 6.77. The molecule has 5 nitrogen and oxygen atoms in total. The highest BCUT2D eigenvalue weighted by molar-refractivity contribution is 5.40. The van der Waals surface area contributed by atoms with Gasteiger partial charge >= 0.3 is 0 Å². The van der Waals surface area contributed by atoms with Gasteiger partial charge in [-0.25, -0.2) is 4.98 Å². The maximum absolute atomic E-state index is 10.2. The molecule has 1 aromatic heterocycles. The lowest BCUT2D eigenvalue weighted by molar-refractivity contribution is 0.122. The number of nitrogens with one attached hydrogen (secondary N) is 1. The van der Waals surface area contributed by atoms with Crippen molar-refractivity contribution in [2.45, 2.75) is 32.4 Å². The molecule has 0 bridgehead atoms. The highest BCUT2D eigenvalue weighted by Crippen LogP contribution is 2.17. The van der Waals surface area contributed by atoms with Crippen LogP contribution in [0.25, 0.3) is 0 Å². The molecule has 0 aliphatic carbocycles. The van der Waals surface area contributed by atoms with Gasteiger partial charge in [-0.3, -0.25) is 0 Å². The van der Waals surface area contributed by atoms with Crippen LogP contribution in [0.15, 0.2) is 18.2 Å². The third kappa shape index (κ3) is 4.44. The molecule has 1 fully saturated rings. The number of pyridine rings is 1. The quantitative estimate of drug-likeness (QED) is 0.871. The van der Waals surface area contributed by atoms with E-state index in [0.29, 0.717) is 12.2 Å². The number of rotatable bonds is 4. The fraction of sp³-hybridized carbons (Fsp3) is 0.667.